The van der Waals surface area contributed by atoms with Gasteiger partial charge in [-0.05, 0) is 55.0 Å². The van der Waals surface area contributed by atoms with Crippen molar-refractivity contribution in [1.29, 1.82) is 5.26 Å². The summed E-state index contributed by atoms with van der Waals surface area (Å²) >= 11 is 5.27. The van der Waals surface area contributed by atoms with Crippen molar-refractivity contribution in [3.8, 4) is 11.8 Å². The third-order valence-electron chi connectivity index (χ3n) is 4.72. The van der Waals surface area contributed by atoms with Gasteiger partial charge in [-0.3, -0.25) is 14.2 Å². The van der Waals surface area contributed by atoms with Crippen molar-refractivity contribution in [3.05, 3.63) is 62.6 Å². The third-order valence-corrected chi connectivity index (χ3v) is 5.05. The number of alkyl halides is 3. The van der Waals surface area contributed by atoms with Crippen LogP contribution in [0.4, 0.5) is 18.9 Å². The van der Waals surface area contributed by atoms with Crippen LogP contribution in [-0.4, -0.2) is 42.0 Å². The molecule has 0 saturated heterocycles. The Morgan fingerprint density at radius 2 is 2.03 bits per heavy atom. The molecule has 1 amide bonds. The number of nitrogens with zero attached hydrogens (tertiary/aromatic N) is 2. The molecule has 1 heterocycles. The summed E-state index contributed by atoms with van der Waals surface area (Å²) in [6.45, 7) is -0.689. The Labute approximate surface area is 196 Å². The Bertz CT molecular complexity index is 1380. The van der Waals surface area contributed by atoms with Gasteiger partial charge < -0.3 is 19.8 Å². The van der Waals surface area contributed by atoms with Gasteiger partial charge >= 0.3 is 6.18 Å². The minimum atomic E-state index is -4.55. The first kappa shape index (κ1) is 24.9. The maximum absolute atomic E-state index is 12.8. The number of fused-ring (bicyclic) bond motifs is 1. The van der Waals surface area contributed by atoms with Gasteiger partial charge in [-0.25, -0.2) is 0 Å². The number of nitriles is 1. The standard InChI is InChI=1S/C22H19F3N4O4S/c1-32-8-2-7-29-20(31)16-5-3-13(10-17(16)28-21(29)34)19(30)27-15-4-6-18(14(9-15)11-26)33-12-22(23,24)25/h3-6,9-10H,2,7-8,12H2,1H3,(H,27,30)(H,28,34). The number of hydrogen-bond donors (Lipinski definition) is 2. The number of carbonyl (C=O) groups is 1. The normalized spacial score (nSPS) is 11.3. The zero-order valence-corrected chi connectivity index (χ0v) is 18.7. The molecule has 8 nitrogen and oxygen atoms in total. The van der Waals surface area contributed by atoms with E-state index in [2.05, 4.69) is 15.0 Å². The van der Waals surface area contributed by atoms with E-state index < -0.39 is 18.7 Å². The number of aromatic nitrogens is 2. The third kappa shape index (κ3) is 6.00. The van der Waals surface area contributed by atoms with Crippen molar-refractivity contribution in [1.82, 2.24) is 9.55 Å². The number of H-pyrrole nitrogens is 1. The molecular formula is C22H19F3N4O4S. The monoisotopic (exact) mass is 492 g/mol. The van der Waals surface area contributed by atoms with Gasteiger partial charge in [0.05, 0.1) is 16.5 Å². The second-order valence-corrected chi connectivity index (χ2v) is 7.56. The van der Waals surface area contributed by atoms with Crippen molar-refractivity contribution in [3.63, 3.8) is 0 Å². The van der Waals surface area contributed by atoms with Crippen LogP contribution in [0.25, 0.3) is 10.9 Å². The predicted molar refractivity (Wildman–Crippen MR) is 121 cm³/mol. The summed E-state index contributed by atoms with van der Waals surface area (Å²) in [5, 5.41) is 12.1. The fourth-order valence-corrected chi connectivity index (χ4v) is 3.43. The Hall–Kier alpha value is -3.69. The Kier molecular flexibility index (Phi) is 7.70. The molecule has 3 aromatic rings. The van der Waals surface area contributed by atoms with Crippen molar-refractivity contribution in [2.45, 2.75) is 19.1 Å². The first-order chi connectivity index (χ1) is 16.1. The van der Waals surface area contributed by atoms with Crippen LogP contribution in [0.3, 0.4) is 0 Å². The Morgan fingerprint density at radius 1 is 1.26 bits per heavy atom. The van der Waals surface area contributed by atoms with E-state index in [1.54, 1.807) is 13.2 Å². The van der Waals surface area contributed by atoms with Crippen molar-refractivity contribution < 1.29 is 27.4 Å². The zero-order chi connectivity index (χ0) is 24.9. The minimum Gasteiger partial charge on any atom is -0.483 e. The van der Waals surface area contributed by atoms with Crippen LogP contribution in [-0.2, 0) is 11.3 Å². The molecular weight excluding hydrogens is 473 g/mol. The number of rotatable bonds is 8. The molecule has 0 aliphatic carbocycles. The Morgan fingerprint density at radius 3 is 2.71 bits per heavy atom. The lowest BCUT2D eigenvalue weighted by Gasteiger charge is -2.12. The van der Waals surface area contributed by atoms with Crippen LogP contribution in [0, 0.1) is 16.1 Å². The van der Waals surface area contributed by atoms with E-state index in [1.807, 2.05) is 0 Å². The molecule has 0 saturated carbocycles. The highest BCUT2D eigenvalue weighted by Gasteiger charge is 2.29. The number of benzene rings is 2. The molecule has 2 aromatic carbocycles. The number of halogens is 3. The number of hydrogen-bond acceptors (Lipinski definition) is 6. The number of ether oxygens (including phenoxy) is 2. The van der Waals surface area contributed by atoms with Crippen LogP contribution in [0.15, 0.2) is 41.2 Å². The van der Waals surface area contributed by atoms with E-state index in [9.17, 15) is 28.0 Å². The highest BCUT2D eigenvalue weighted by molar-refractivity contribution is 7.71. The maximum atomic E-state index is 12.8. The number of anilines is 1. The van der Waals surface area contributed by atoms with E-state index >= 15 is 0 Å². The lowest BCUT2D eigenvalue weighted by atomic mass is 10.1. The lowest BCUT2D eigenvalue weighted by molar-refractivity contribution is -0.153. The molecule has 2 N–H and O–H groups in total. The summed E-state index contributed by atoms with van der Waals surface area (Å²) in [4.78, 5) is 28.4. The highest BCUT2D eigenvalue weighted by Crippen LogP contribution is 2.25. The van der Waals surface area contributed by atoms with Gasteiger partial charge in [-0.1, -0.05) is 0 Å². The molecule has 12 heteroatoms. The van der Waals surface area contributed by atoms with E-state index in [0.29, 0.717) is 30.5 Å². The maximum Gasteiger partial charge on any atom is 0.422 e. The van der Waals surface area contributed by atoms with Crippen LogP contribution in [0.5, 0.6) is 5.75 Å². The molecule has 0 fully saturated rings. The van der Waals surface area contributed by atoms with Gasteiger partial charge in [0.2, 0.25) is 0 Å². The van der Waals surface area contributed by atoms with E-state index in [0.717, 1.165) is 0 Å². The van der Waals surface area contributed by atoms with Crippen molar-refractivity contribution >= 4 is 34.7 Å². The number of carbonyl (C=O) groups excluding carboxylic acids is 1. The molecule has 0 aliphatic rings. The average Bonchev–Trinajstić information content (AvgIpc) is 2.79. The van der Waals surface area contributed by atoms with Crippen LogP contribution in [0.2, 0.25) is 0 Å². The van der Waals surface area contributed by atoms with Crippen LogP contribution >= 0.6 is 12.2 Å². The summed E-state index contributed by atoms with van der Waals surface area (Å²) in [5.74, 6) is -0.809. The number of aromatic amines is 1. The van der Waals surface area contributed by atoms with Gasteiger partial charge in [-0.2, -0.15) is 18.4 Å². The van der Waals surface area contributed by atoms with E-state index in [-0.39, 0.29) is 32.9 Å². The smallest absolute Gasteiger partial charge is 0.422 e. The van der Waals surface area contributed by atoms with Crippen molar-refractivity contribution in [2.24, 2.45) is 0 Å². The summed E-state index contributed by atoms with van der Waals surface area (Å²) in [7, 11) is 1.56. The molecule has 0 bridgehead atoms. The quantitative estimate of drug-likeness (QED) is 0.361. The molecule has 0 unspecified atom stereocenters. The van der Waals surface area contributed by atoms with Gasteiger partial charge in [0, 0.05) is 31.5 Å². The number of methoxy groups -OCH3 is 1. The summed E-state index contributed by atoms with van der Waals surface area (Å²) in [6.07, 6.45) is -3.95. The average molecular weight is 492 g/mol. The van der Waals surface area contributed by atoms with E-state index in [4.69, 9.17) is 17.0 Å². The van der Waals surface area contributed by atoms with Crippen LogP contribution in [0.1, 0.15) is 22.3 Å². The second kappa shape index (κ2) is 10.5. The molecule has 0 spiro atoms. The van der Waals surface area contributed by atoms with Crippen LogP contribution < -0.4 is 15.6 Å². The Balaban J connectivity index is 1.82. The van der Waals surface area contributed by atoms with Crippen molar-refractivity contribution in [2.75, 3.05) is 25.6 Å². The number of amides is 1. The molecule has 1 aromatic heterocycles. The fraction of sp³-hybridized carbons (Fsp3) is 0.273. The summed E-state index contributed by atoms with van der Waals surface area (Å²) in [5.41, 5.74) is 0.293. The van der Waals surface area contributed by atoms with Gasteiger partial charge in [-0.15, -0.1) is 0 Å². The summed E-state index contributed by atoms with van der Waals surface area (Å²) < 4.78 is 48.4. The van der Waals surface area contributed by atoms with E-state index in [1.165, 1.54) is 41.0 Å². The largest absolute Gasteiger partial charge is 0.483 e. The second-order valence-electron chi connectivity index (χ2n) is 7.17. The van der Waals surface area contributed by atoms with Gasteiger partial charge in [0.25, 0.3) is 11.5 Å². The topological polar surface area (TPSA) is 109 Å². The predicted octanol–water partition coefficient (Wildman–Crippen LogP) is 4.16. The molecule has 178 valence electrons. The molecule has 34 heavy (non-hydrogen) atoms. The SMILES string of the molecule is COCCCn1c(=S)[nH]c2cc(C(=O)Nc3ccc(OCC(F)(F)F)c(C#N)c3)ccc2c1=O. The van der Waals surface area contributed by atoms with Gasteiger partial charge in [0.1, 0.15) is 11.8 Å². The molecule has 3 rings (SSSR count). The first-order valence-corrected chi connectivity index (χ1v) is 10.3. The molecule has 0 radical (unpaired) electrons. The van der Waals surface area contributed by atoms with Gasteiger partial charge in [0.15, 0.2) is 11.4 Å². The zero-order valence-electron chi connectivity index (χ0n) is 17.9. The lowest BCUT2D eigenvalue weighted by Crippen LogP contribution is -2.23. The number of nitrogens with one attached hydrogen (secondary N) is 2. The molecule has 0 aliphatic heterocycles. The minimum absolute atomic E-state index is 0.168. The summed E-state index contributed by atoms with van der Waals surface area (Å²) in [6, 6.07) is 9.86. The highest BCUT2D eigenvalue weighted by atomic mass is 32.1. The molecule has 0 atom stereocenters. The first-order valence-electron chi connectivity index (χ1n) is 9.94. The fourth-order valence-electron chi connectivity index (χ4n) is 3.15.